The van der Waals surface area contributed by atoms with Crippen LogP contribution in [-0.2, 0) is 24.4 Å². The number of rotatable bonds is 9. The number of benzene rings is 3. The Kier molecular flexibility index (Phi) is 8.24. The summed E-state index contributed by atoms with van der Waals surface area (Å²) in [5.41, 5.74) is 12.6. The van der Waals surface area contributed by atoms with Crippen LogP contribution in [0.1, 0.15) is 48.9 Å². The Hall–Kier alpha value is -3.83. The van der Waals surface area contributed by atoms with E-state index in [1.807, 2.05) is 38.1 Å². The van der Waals surface area contributed by atoms with Crippen LogP contribution in [0.25, 0.3) is 28.2 Å². The van der Waals surface area contributed by atoms with Gasteiger partial charge in [-0.1, -0.05) is 62.4 Å². The van der Waals surface area contributed by atoms with Crippen molar-refractivity contribution in [2.24, 2.45) is 11.7 Å². The number of carbonyl (C=O) groups is 1. The molecule has 1 saturated carbocycles. The van der Waals surface area contributed by atoms with E-state index in [1.165, 1.54) is 12.8 Å². The summed E-state index contributed by atoms with van der Waals surface area (Å²) in [4.78, 5) is 11.2. The van der Waals surface area contributed by atoms with Gasteiger partial charge in [-0.2, -0.15) is 0 Å². The Labute approximate surface area is 212 Å². The molecule has 0 aliphatic heterocycles. The van der Waals surface area contributed by atoms with Gasteiger partial charge in [-0.25, -0.2) is 0 Å². The highest BCUT2D eigenvalue weighted by atomic mass is 16.5. The van der Waals surface area contributed by atoms with Crippen LogP contribution in [0.5, 0.6) is 5.75 Å². The second kappa shape index (κ2) is 11.7. The lowest BCUT2D eigenvalue weighted by molar-refractivity contribution is -0.136. The Morgan fingerprint density at radius 1 is 1.06 bits per heavy atom. The third-order valence-corrected chi connectivity index (χ3v) is 6.15. The van der Waals surface area contributed by atoms with E-state index in [2.05, 4.69) is 36.4 Å². The summed E-state index contributed by atoms with van der Waals surface area (Å²) >= 11 is 0. The van der Waals surface area contributed by atoms with Crippen LogP contribution < -0.4 is 10.5 Å². The van der Waals surface area contributed by atoms with Crippen molar-refractivity contribution in [2.45, 2.75) is 46.3 Å². The van der Waals surface area contributed by atoms with Gasteiger partial charge in [0.25, 0.3) is 0 Å². The second-order valence-corrected chi connectivity index (χ2v) is 8.77. The minimum atomic E-state index is -0.888. The fourth-order valence-corrected chi connectivity index (χ4v) is 4.13. The van der Waals surface area contributed by atoms with Gasteiger partial charge in [0.1, 0.15) is 17.9 Å². The fraction of sp³-hybridized carbons (Fsp3) is 0.258. The van der Waals surface area contributed by atoms with Crippen molar-refractivity contribution in [3.63, 3.8) is 0 Å². The molecule has 4 aromatic rings. The van der Waals surface area contributed by atoms with Crippen molar-refractivity contribution in [3.05, 3.63) is 95.3 Å². The Morgan fingerprint density at radius 3 is 2.61 bits per heavy atom. The molecular formula is C31H33NO4. The van der Waals surface area contributed by atoms with Crippen molar-refractivity contribution in [3.8, 4) is 16.9 Å². The minimum Gasteiger partial charge on any atom is -0.488 e. The van der Waals surface area contributed by atoms with Crippen molar-refractivity contribution in [1.29, 1.82) is 0 Å². The van der Waals surface area contributed by atoms with E-state index in [9.17, 15) is 9.90 Å². The quantitative estimate of drug-likeness (QED) is 0.263. The van der Waals surface area contributed by atoms with E-state index >= 15 is 0 Å². The molecule has 1 aromatic heterocycles. The first-order valence-electron chi connectivity index (χ1n) is 12.5. The zero-order valence-electron chi connectivity index (χ0n) is 20.9. The largest absolute Gasteiger partial charge is 0.488 e. The molecule has 1 heterocycles. The van der Waals surface area contributed by atoms with Crippen LogP contribution in [0.4, 0.5) is 0 Å². The number of hydrogen-bond acceptors (Lipinski definition) is 4. The number of hydrogen-bond donors (Lipinski definition) is 2. The van der Waals surface area contributed by atoms with Gasteiger partial charge >= 0.3 is 5.97 Å². The van der Waals surface area contributed by atoms with E-state index in [0.717, 1.165) is 38.8 Å². The molecule has 0 unspecified atom stereocenters. The third kappa shape index (κ3) is 6.04. The van der Waals surface area contributed by atoms with E-state index < -0.39 is 5.97 Å². The number of furan rings is 1. The number of allylic oxidation sites excluding steroid dienone is 1. The molecule has 186 valence electrons. The molecule has 0 saturated heterocycles. The molecule has 1 aliphatic carbocycles. The van der Waals surface area contributed by atoms with Crippen LogP contribution in [0.15, 0.2) is 77.4 Å². The predicted molar refractivity (Wildman–Crippen MR) is 145 cm³/mol. The second-order valence-electron chi connectivity index (χ2n) is 8.77. The molecule has 1 aliphatic rings. The number of carboxylic acid groups (broad SMARTS) is 1. The highest BCUT2D eigenvalue weighted by Gasteiger charge is 2.18. The van der Waals surface area contributed by atoms with Gasteiger partial charge in [-0.15, -0.1) is 0 Å². The first-order valence-corrected chi connectivity index (χ1v) is 12.5. The summed E-state index contributed by atoms with van der Waals surface area (Å²) < 4.78 is 12.1. The van der Waals surface area contributed by atoms with Crippen LogP contribution in [0.3, 0.4) is 0 Å². The number of para-hydroxylation sites is 1. The maximum atomic E-state index is 11.2. The Bertz CT molecular complexity index is 1360. The maximum Gasteiger partial charge on any atom is 0.307 e. The topological polar surface area (TPSA) is 85.7 Å². The van der Waals surface area contributed by atoms with Crippen molar-refractivity contribution < 1.29 is 19.1 Å². The lowest BCUT2D eigenvalue weighted by Crippen LogP contribution is -2.04. The van der Waals surface area contributed by atoms with Gasteiger partial charge in [0.15, 0.2) is 0 Å². The Balaban J connectivity index is 0.00000148. The zero-order valence-corrected chi connectivity index (χ0v) is 20.9. The van der Waals surface area contributed by atoms with Gasteiger partial charge in [0, 0.05) is 28.6 Å². The molecule has 5 rings (SSSR count). The molecule has 5 heteroatoms. The molecule has 0 atom stereocenters. The lowest BCUT2D eigenvalue weighted by Gasteiger charge is -2.10. The van der Waals surface area contributed by atoms with Gasteiger partial charge in [-0.3, -0.25) is 4.79 Å². The normalized spacial score (nSPS) is 13.0. The minimum absolute atomic E-state index is 0.0833. The molecule has 0 bridgehead atoms. The molecule has 36 heavy (non-hydrogen) atoms. The lowest BCUT2D eigenvalue weighted by atomic mass is 9.97. The van der Waals surface area contributed by atoms with E-state index in [1.54, 1.807) is 18.4 Å². The molecule has 0 radical (unpaired) electrons. The summed E-state index contributed by atoms with van der Waals surface area (Å²) in [6.45, 7) is 4.77. The monoisotopic (exact) mass is 483 g/mol. The molecule has 0 spiro atoms. The van der Waals surface area contributed by atoms with E-state index in [-0.39, 0.29) is 13.0 Å². The van der Waals surface area contributed by atoms with Gasteiger partial charge < -0.3 is 20.0 Å². The summed E-state index contributed by atoms with van der Waals surface area (Å²) in [5.74, 6) is 0.337. The number of fused-ring (bicyclic) bond motifs is 1. The number of carboxylic acids is 1. The number of nitrogens with two attached hydrogens (primary N) is 1. The standard InChI is InChI=1S/C29H27NO4.C2H6/c30-16-20-4-3-6-21(12-20)24-13-23(11-10-19-8-9-19)29-26(14-24)25(18-34-29)17-33-27-7-2-1-5-22(27)15-28(31)32;1-2/h1-7,10-14,18-19H,8-9,15-17,30H2,(H,31,32);1-2H3/b11-10+;. The predicted octanol–water partition coefficient (Wildman–Crippen LogP) is 7.21. The first-order chi connectivity index (χ1) is 17.6. The van der Waals surface area contributed by atoms with E-state index in [0.29, 0.717) is 23.8 Å². The summed E-state index contributed by atoms with van der Waals surface area (Å²) in [6, 6.07) is 19.8. The highest BCUT2D eigenvalue weighted by molar-refractivity contribution is 5.93. The van der Waals surface area contributed by atoms with Gasteiger partial charge in [0.05, 0.1) is 12.7 Å². The molecule has 1 fully saturated rings. The van der Waals surface area contributed by atoms with Crippen LogP contribution >= 0.6 is 0 Å². The van der Waals surface area contributed by atoms with Crippen molar-refractivity contribution >= 4 is 23.0 Å². The fourth-order valence-electron chi connectivity index (χ4n) is 4.13. The number of aliphatic carboxylic acids is 1. The average Bonchev–Trinajstić information content (AvgIpc) is 3.65. The third-order valence-electron chi connectivity index (χ3n) is 6.15. The summed E-state index contributed by atoms with van der Waals surface area (Å²) in [7, 11) is 0. The molecule has 5 nitrogen and oxygen atoms in total. The smallest absolute Gasteiger partial charge is 0.307 e. The summed E-state index contributed by atoms with van der Waals surface area (Å²) in [6.07, 6.45) is 8.55. The molecular weight excluding hydrogens is 450 g/mol. The van der Waals surface area contributed by atoms with Gasteiger partial charge in [-0.05, 0) is 59.7 Å². The van der Waals surface area contributed by atoms with E-state index in [4.69, 9.17) is 14.9 Å². The number of ether oxygens (including phenoxy) is 1. The van der Waals surface area contributed by atoms with Crippen molar-refractivity contribution in [2.75, 3.05) is 0 Å². The molecule has 3 aromatic carbocycles. The van der Waals surface area contributed by atoms with Crippen LogP contribution in [-0.4, -0.2) is 11.1 Å². The highest BCUT2D eigenvalue weighted by Crippen LogP contribution is 2.35. The van der Waals surface area contributed by atoms with Crippen LogP contribution in [0, 0.1) is 5.92 Å². The van der Waals surface area contributed by atoms with Crippen molar-refractivity contribution in [1.82, 2.24) is 0 Å². The first kappa shape index (κ1) is 25.3. The SMILES string of the molecule is CC.NCc1cccc(-c2cc(/C=C/C3CC3)c3occ(COc4ccccc4CC(=O)O)c3c2)c1. The van der Waals surface area contributed by atoms with Crippen LogP contribution in [0.2, 0.25) is 0 Å². The van der Waals surface area contributed by atoms with Gasteiger partial charge in [0.2, 0.25) is 0 Å². The maximum absolute atomic E-state index is 11.2. The Morgan fingerprint density at radius 2 is 1.86 bits per heavy atom. The summed E-state index contributed by atoms with van der Waals surface area (Å²) in [5, 5.41) is 10.2. The zero-order chi connectivity index (χ0) is 25.5. The molecule has 3 N–H and O–H groups in total. The average molecular weight is 484 g/mol. The molecule has 0 amide bonds.